The predicted octanol–water partition coefficient (Wildman–Crippen LogP) is 4.62. The Morgan fingerprint density at radius 2 is 1.68 bits per heavy atom. The summed E-state index contributed by atoms with van der Waals surface area (Å²) in [7, 11) is 0. The van der Waals surface area contributed by atoms with Crippen LogP contribution in [-0.2, 0) is 4.79 Å². The predicted molar refractivity (Wildman–Crippen MR) is 80.2 cm³/mol. The van der Waals surface area contributed by atoms with E-state index in [4.69, 9.17) is 16.7 Å². The van der Waals surface area contributed by atoms with Gasteiger partial charge in [0.1, 0.15) is 0 Å². The van der Waals surface area contributed by atoms with Gasteiger partial charge in [-0.2, -0.15) is 0 Å². The van der Waals surface area contributed by atoms with E-state index < -0.39 is 11.9 Å². The van der Waals surface area contributed by atoms with Crippen molar-refractivity contribution in [2.45, 2.75) is 12.8 Å². The number of carboxylic acids is 1. The molecule has 1 unspecified atom stereocenters. The van der Waals surface area contributed by atoms with Crippen molar-refractivity contribution in [1.29, 1.82) is 0 Å². The molecule has 0 spiro atoms. The minimum absolute atomic E-state index is 0. The molecule has 0 aliphatic heterocycles. The largest absolute Gasteiger partial charge is 0.481 e. The number of benzene rings is 2. The number of rotatable bonds is 3. The third kappa shape index (κ3) is 3.49. The lowest BCUT2D eigenvalue weighted by Crippen LogP contribution is -2.06. The number of aliphatic carboxylic acids is 1. The molecule has 1 atom stereocenters. The Morgan fingerprint density at radius 1 is 1.11 bits per heavy atom. The lowest BCUT2D eigenvalue weighted by molar-refractivity contribution is -0.138. The maximum absolute atomic E-state index is 10.9. The summed E-state index contributed by atoms with van der Waals surface area (Å²) in [5.74, 6) is -1.31. The van der Waals surface area contributed by atoms with Gasteiger partial charge in [0.05, 0.1) is 5.92 Å². The standard InChI is InChI=1S/C15H13ClO2.ClH/c1-10(15(17)18)11-6-8-12(9-7-11)13-4-2-3-5-14(13)16;/h2-10H,1H3,(H,17,18);1H. The van der Waals surface area contributed by atoms with Crippen molar-refractivity contribution in [2.75, 3.05) is 0 Å². The van der Waals surface area contributed by atoms with E-state index in [9.17, 15) is 4.79 Å². The maximum atomic E-state index is 10.9. The third-order valence-electron chi connectivity index (χ3n) is 2.97. The Kier molecular flexibility index (Phi) is 5.40. The van der Waals surface area contributed by atoms with Gasteiger partial charge in [-0.25, -0.2) is 0 Å². The molecule has 0 aliphatic carbocycles. The zero-order chi connectivity index (χ0) is 13.1. The molecule has 2 aromatic rings. The number of hydrogen-bond acceptors (Lipinski definition) is 1. The number of hydrogen-bond donors (Lipinski definition) is 1. The maximum Gasteiger partial charge on any atom is 0.310 e. The summed E-state index contributed by atoms with van der Waals surface area (Å²) < 4.78 is 0. The lowest BCUT2D eigenvalue weighted by Gasteiger charge is -2.08. The molecular weight excluding hydrogens is 283 g/mol. The molecule has 0 saturated carbocycles. The number of halogens is 2. The highest BCUT2D eigenvalue weighted by Crippen LogP contribution is 2.28. The van der Waals surface area contributed by atoms with Crippen LogP contribution in [0.1, 0.15) is 18.4 Å². The van der Waals surface area contributed by atoms with Crippen LogP contribution in [0.15, 0.2) is 48.5 Å². The monoisotopic (exact) mass is 296 g/mol. The summed E-state index contributed by atoms with van der Waals surface area (Å²) in [6.45, 7) is 1.67. The van der Waals surface area contributed by atoms with E-state index in [-0.39, 0.29) is 12.4 Å². The first-order valence-corrected chi connectivity index (χ1v) is 6.05. The van der Waals surface area contributed by atoms with Crippen LogP contribution in [0.3, 0.4) is 0 Å². The summed E-state index contributed by atoms with van der Waals surface area (Å²) in [4.78, 5) is 10.9. The van der Waals surface area contributed by atoms with E-state index in [0.29, 0.717) is 5.02 Å². The van der Waals surface area contributed by atoms with Crippen LogP contribution in [0, 0.1) is 0 Å². The fourth-order valence-electron chi connectivity index (χ4n) is 1.79. The van der Waals surface area contributed by atoms with Gasteiger partial charge < -0.3 is 5.11 Å². The van der Waals surface area contributed by atoms with Gasteiger partial charge in [-0.3, -0.25) is 4.79 Å². The molecule has 2 nitrogen and oxygen atoms in total. The molecule has 0 aliphatic rings. The fourth-order valence-corrected chi connectivity index (χ4v) is 2.03. The van der Waals surface area contributed by atoms with E-state index in [1.54, 1.807) is 6.92 Å². The molecule has 4 heteroatoms. The van der Waals surface area contributed by atoms with Gasteiger partial charge in [0, 0.05) is 10.6 Å². The molecule has 100 valence electrons. The molecule has 0 bridgehead atoms. The summed E-state index contributed by atoms with van der Waals surface area (Å²) in [6.07, 6.45) is 0. The minimum Gasteiger partial charge on any atom is -0.481 e. The Balaban J connectivity index is 0.00000180. The second kappa shape index (κ2) is 6.60. The highest BCUT2D eigenvalue weighted by Gasteiger charge is 2.13. The number of carbonyl (C=O) groups is 1. The summed E-state index contributed by atoms with van der Waals surface area (Å²) in [6, 6.07) is 15.0. The van der Waals surface area contributed by atoms with Crippen LogP contribution in [-0.4, -0.2) is 11.1 Å². The topological polar surface area (TPSA) is 37.3 Å². The Labute approximate surface area is 123 Å². The summed E-state index contributed by atoms with van der Waals surface area (Å²) in [5.41, 5.74) is 2.73. The normalized spacial score (nSPS) is 11.5. The van der Waals surface area contributed by atoms with Crippen LogP contribution >= 0.6 is 24.0 Å². The molecule has 0 amide bonds. The molecule has 0 radical (unpaired) electrons. The minimum atomic E-state index is -0.819. The summed E-state index contributed by atoms with van der Waals surface area (Å²) >= 11 is 6.12. The quantitative estimate of drug-likeness (QED) is 0.897. The van der Waals surface area contributed by atoms with Crippen molar-refractivity contribution in [3.63, 3.8) is 0 Å². The van der Waals surface area contributed by atoms with Crippen molar-refractivity contribution in [2.24, 2.45) is 0 Å². The Morgan fingerprint density at radius 3 is 2.21 bits per heavy atom. The van der Waals surface area contributed by atoms with Crippen molar-refractivity contribution < 1.29 is 9.90 Å². The van der Waals surface area contributed by atoms with Gasteiger partial charge in [-0.05, 0) is 24.1 Å². The van der Waals surface area contributed by atoms with Gasteiger partial charge in [0.2, 0.25) is 0 Å². The van der Waals surface area contributed by atoms with Crippen LogP contribution in [0.2, 0.25) is 5.02 Å². The van der Waals surface area contributed by atoms with Gasteiger partial charge in [0.25, 0.3) is 0 Å². The van der Waals surface area contributed by atoms with E-state index >= 15 is 0 Å². The molecule has 19 heavy (non-hydrogen) atoms. The van der Waals surface area contributed by atoms with Crippen molar-refractivity contribution in [1.82, 2.24) is 0 Å². The molecular formula is C15H14Cl2O2. The SMILES string of the molecule is CC(C(=O)O)c1ccc(-c2ccccc2Cl)cc1.Cl. The molecule has 1 N–H and O–H groups in total. The first-order valence-electron chi connectivity index (χ1n) is 5.67. The smallest absolute Gasteiger partial charge is 0.310 e. The second-order valence-electron chi connectivity index (χ2n) is 4.16. The van der Waals surface area contributed by atoms with Crippen molar-refractivity contribution >= 4 is 30.0 Å². The molecule has 0 saturated heterocycles. The molecule has 0 aromatic heterocycles. The zero-order valence-electron chi connectivity index (χ0n) is 10.3. The first kappa shape index (κ1) is 15.5. The Hall–Kier alpha value is -1.51. The molecule has 2 aromatic carbocycles. The van der Waals surface area contributed by atoms with Gasteiger partial charge >= 0.3 is 5.97 Å². The molecule has 0 fully saturated rings. The van der Waals surface area contributed by atoms with E-state index in [1.165, 1.54) is 0 Å². The van der Waals surface area contributed by atoms with Gasteiger partial charge in [0.15, 0.2) is 0 Å². The van der Waals surface area contributed by atoms with Gasteiger partial charge in [-0.15, -0.1) is 12.4 Å². The average Bonchev–Trinajstić information content (AvgIpc) is 2.38. The van der Waals surface area contributed by atoms with Crippen LogP contribution in [0.4, 0.5) is 0 Å². The Bertz CT molecular complexity index is 565. The van der Waals surface area contributed by atoms with E-state index in [1.807, 2.05) is 48.5 Å². The number of carboxylic acid groups (broad SMARTS) is 1. The third-order valence-corrected chi connectivity index (χ3v) is 3.30. The van der Waals surface area contributed by atoms with E-state index in [2.05, 4.69) is 0 Å². The summed E-state index contributed by atoms with van der Waals surface area (Å²) in [5, 5.41) is 9.64. The lowest BCUT2D eigenvalue weighted by atomic mass is 9.98. The van der Waals surface area contributed by atoms with Crippen LogP contribution in [0.25, 0.3) is 11.1 Å². The highest BCUT2D eigenvalue weighted by atomic mass is 35.5. The van der Waals surface area contributed by atoms with Gasteiger partial charge in [-0.1, -0.05) is 54.1 Å². The average molecular weight is 297 g/mol. The molecule has 2 rings (SSSR count). The van der Waals surface area contributed by atoms with Crippen LogP contribution < -0.4 is 0 Å². The van der Waals surface area contributed by atoms with Crippen LogP contribution in [0.5, 0.6) is 0 Å². The zero-order valence-corrected chi connectivity index (χ0v) is 11.9. The fraction of sp³-hybridized carbons (Fsp3) is 0.133. The first-order chi connectivity index (χ1) is 8.59. The van der Waals surface area contributed by atoms with E-state index in [0.717, 1.165) is 16.7 Å². The molecule has 0 heterocycles. The van der Waals surface area contributed by atoms with Crippen molar-refractivity contribution in [3.8, 4) is 11.1 Å². The van der Waals surface area contributed by atoms with Crippen molar-refractivity contribution in [3.05, 3.63) is 59.1 Å². The second-order valence-corrected chi connectivity index (χ2v) is 4.57. The highest BCUT2D eigenvalue weighted by molar-refractivity contribution is 6.33.